The summed E-state index contributed by atoms with van der Waals surface area (Å²) in [6.45, 7) is 1.78. The zero-order valence-electron chi connectivity index (χ0n) is 16.9. The summed E-state index contributed by atoms with van der Waals surface area (Å²) in [6.07, 6.45) is 0. The molecule has 0 atom stereocenters. The van der Waals surface area contributed by atoms with Crippen LogP contribution in [0.25, 0.3) is 0 Å². The van der Waals surface area contributed by atoms with Gasteiger partial charge in [0.1, 0.15) is 12.3 Å². The van der Waals surface area contributed by atoms with Gasteiger partial charge in [-0.25, -0.2) is 8.42 Å². The Bertz CT molecular complexity index is 1100. The standard InChI is InChI=1S/C23H24N2O4S/c1-18-12-14-21(15-13-18)30(27,28)25(20-9-4-3-5-10-20)17-23(26)24-16-19-8-6-7-11-22(19)29-2/h3-15H,16-17H2,1-2H3,(H,24,26). The molecular weight excluding hydrogens is 400 g/mol. The second-order valence-corrected chi connectivity index (χ2v) is 8.61. The van der Waals surface area contributed by atoms with Crippen LogP contribution < -0.4 is 14.4 Å². The van der Waals surface area contributed by atoms with Crippen LogP contribution in [0.4, 0.5) is 5.69 Å². The van der Waals surface area contributed by atoms with Crippen molar-refractivity contribution in [3.8, 4) is 5.75 Å². The van der Waals surface area contributed by atoms with Crippen LogP contribution in [0.3, 0.4) is 0 Å². The molecule has 0 unspecified atom stereocenters. The van der Waals surface area contributed by atoms with Gasteiger partial charge in [-0.2, -0.15) is 0 Å². The zero-order valence-corrected chi connectivity index (χ0v) is 17.7. The summed E-state index contributed by atoms with van der Waals surface area (Å²) in [6, 6.07) is 22.5. The van der Waals surface area contributed by atoms with Crippen molar-refractivity contribution in [3.05, 3.63) is 90.0 Å². The average Bonchev–Trinajstić information content (AvgIpc) is 2.77. The summed E-state index contributed by atoms with van der Waals surface area (Å²) in [7, 11) is -2.35. The number of para-hydroxylation sites is 2. The number of anilines is 1. The second-order valence-electron chi connectivity index (χ2n) is 6.75. The number of ether oxygens (including phenoxy) is 1. The van der Waals surface area contributed by atoms with E-state index in [4.69, 9.17) is 4.74 Å². The van der Waals surface area contributed by atoms with Gasteiger partial charge in [-0.15, -0.1) is 0 Å². The van der Waals surface area contributed by atoms with E-state index in [9.17, 15) is 13.2 Å². The highest BCUT2D eigenvalue weighted by Crippen LogP contribution is 2.24. The fraction of sp³-hybridized carbons (Fsp3) is 0.174. The summed E-state index contributed by atoms with van der Waals surface area (Å²) in [5.41, 5.74) is 2.18. The largest absolute Gasteiger partial charge is 0.496 e. The number of nitrogens with zero attached hydrogens (tertiary/aromatic N) is 1. The minimum atomic E-state index is -3.91. The van der Waals surface area contributed by atoms with E-state index in [2.05, 4.69) is 5.32 Å². The number of rotatable bonds is 8. The molecule has 0 aliphatic heterocycles. The molecule has 0 fully saturated rings. The number of carbonyl (C=O) groups is 1. The molecule has 0 bridgehead atoms. The van der Waals surface area contributed by atoms with Crippen molar-refractivity contribution in [2.45, 2.75) is 18.4 Å². The van der Waals surface area contributed by atoms with Gasteiger partial charge in [0.2, 0.25) is 5.91 Å². The fourth-order valence-electron chi connectivity index (χ4n) is 2.98. The summed E-state index contributed by atoms with van der Waals surface area (Å²) >= 11 is 0. The zero-order chi connectivity index (χ0) is 21.6. The maximum atomic E-state index is 13.3. The van der Waals surface area contributed by atoms with E-state index in [1.54, 1.807) is 67.8 Å². The highest BCUT2D eigenvalue weighted by molar-refractivity contribution is 7.92. The van der Waals surface area contributed by atoms with Crippen LogP contribution in [0.15, 0.2) is 83.8 Å². The lowest BCUT2D eigenvalue weighted by Gasteiger charge is -2.24. The molecule has 0 aliphatic carbocycles. The van der Waals surface area contributed by atoms with Gasteiger partial charge < -0.3 is 10.1 Å². The van der Waals surface area contributed by atoms with Crippen molar-refractivity contribution in [1.29, 1.82) is 0 Å². The Labute approximate surface area is 177 Å². The molecule has 0 aromatic heterocycles. The van der Waals surface area contributed by atoms with Crippen molar-refractivity contribution >= 4 is 21.6 Å². The van der Waals surface area contributed by atoms with Gasteiger partial charge in [0.05, 0.1) is 17.7 Å². The second kappa shape index (κ2) is 9.45. The first-order valence-electron chi connectivity index (χ1n) is 9.45. The Balaban J connectivity index is 1.83. The predicted molar refractivity (Wildman–Crippen MR) is 117 cm³/mol. The van der Waals surface area contributed by atoms with Gasteiger partial charge in [-0.1, -0.05) is 54.1 Å². The highest BCUT2D eigenvalue weighted by atomic mass is 32.2. The van der Waals surface area contributed by atoms with E-state index >= 15 is 0 Å². The molecule has 1 amide bonds. The Kier molecular flexibility index (Phi) is 6.74. The molecule has 0 saturated heterocycles. The number of aryl methyl sites for hydroxylation is 1. The molecule has 3 aromatic carbocycles. The molecule has 0 saturated carbocycles. The molecule has 30 heavy (non-hydrogen) atoms. The van der Waals surface area contributed by atoms with Crippen molar-refractivity contribution < 1.29 is 17.9 Å². The number of nitrogens with one attached hydrogen (secondary N) is 1. The minimum absolute atomic E-state index is 0.134. The molecule has 7 heteroatoms. The lowest BCUT2D eigenvalue weighted by Crippen LogP contribution is -2.40. The van der Waals surface area contributed by atoms with Gasteiger partial charge in [0, 0.05) is 12.1 Å². The molecule has 6 nitrogen and oxygen atoms in total. The maximum Gasteiger partial charge on any atom is 0.264 e. The third-order valence-electron chi connectivity index (χ3n) is 4.61. The molecule has 1 N–H and O–H groups in total. The predicted octanol–water partition coefficient (Wildman–Crippen LogP) is 3.52. The van der Waals surface area contributed by atoms with E-state index in [-0.39, 0.29) is 18.0 Å². The molecule has 3 aromatic rings. The summed E-state index contributed by atoms with van der Waals surface area (Å²) in [4.78, 5) is 12.8. The third-order valence-corrected chi connectivity index (χ3v) is 6.40. The SMILES string of the molecule is COc1ccccc1CNC(=O)CN(c1ccccc1)S(=O)(=O)c1ccc(C)cc1. The molecule has 0 spiro atoms. The first-order valence-corrected chi connectivity index (χ1v) is 10.9. The quantitative estimate of drug-likeness (QED) is 0.600. The van der Waals surface area contributed by atoms with Gasteiger partial charge >= 0.3 is 0 Å². The molecule has 3 rings (SSSR count). The topological polar surface area (TPSA) is 75.7 Å². The van der Waals surface area contributed by atoms with Crippen LogP contribution in [-0.2, 0) is 21.4 Å². The van der Waals surface area contributed by atoms with Crippen LogP contribution >= 0.6 is 0 Å². The van der Waals surface area contributed by atoms with Crippen LogP contribution in [0, 0.1) is 6.92 Å². The molecule has 0 radical (unpaired) electrons. The van der Waals surface area contributed by atoms with E-state index in [0.29, 0.717) is 11.4 Å². The Morgan fingerprint density at radius 2 is 1.57 bits per heavy atom. The number of hydrogen-bond acceptors (Lipinski definition) is 4. The first-order chi connectivity index (χ1) is 14.4. The van der Waals surface area contributed by atoms with Crippen molar-refractivity contribution in [3.63, 3.8) is 0 Å². The number of benzene rings is 3. The summed E-state index contributed by atoms with van der Waals surface area (Å²) in [5.74, 6) is 0.241. The molecule has 156 valence electrons. The van der Waals surface area contributed by atoms with E-state index in [1.807, 2.05) is 25.1 Å². The fourth-order valence-corrected chi connectivity index (χ4v) is 4.40. The van der Waals surface area contributed by atoms with E-state index in [0.717, 1.165) is 15.4 Å². The minimum Gasteiger partial charge on any atom is -0.496 e. The Morgan fingerprint density at radius 3 is 2.23 bits per heavy atom. The van der Waals surface area contributed by atoms with Gasteiger partial charge in [0.25, 0.3) is 10.0 Å². The smallest absolute Gasteiger partial charge is 0.264 e. The monoisotopic (exact) mass is 424 g/mol. The average molecular weight is 425 g/mol. The van der Waals surface area contributed by atoms with E-state index in [1.165, 1.54) is 0 Å². The lowest BCUT2D eigenvalue weighted by molar-refractivity contribution is -0.119. The van der Waals surface area contributed by atoms with Crippen LogP contribution in [0.5, 0.6) is 5.75 Å². The normalized spacial score (nSPS) is 11.0. The van der Waals surface area contributed by atoms with Gasteiger partial charge in [0.15, 0.2) is 0 Å². The number of amides is 1. The third kappa shape index (κ3) is 4.99. The van der Waals surface area contributed by atoms with E-state index < -0.39 is 15.9 Å². The summed E-state index contributed by atoms with van der Waals surface area (Å²) in [5, 5.41) is 2.78. The van der Waals surface area contributed by atoms with Crippen LogP contribution in [0.1, 0.15) is 11.1 Å². The van der Waals surface area contributed by atoms with Crippen molar-refractivity contribution in [1.82, 2.24) is 5.32 Å². The molecule has 0 aliphatic rings. The Morgan fingerprint density at radius 1 is 0.933 bits per heavy atom. The number of sulfonamides is 1. The van der Waals surface area contributed by atoms with Crippen LogP contribution in [0.2, 0.25) is 0 Å². The summed E-state index contributed by atoms with van der Waals surface area (Å²) < 4.78 is 33.0. The van der Waals surface area contributed by atoms with Gasteiger partial charge in [-0.05, 0) is 37.3 Å². The van der Waals surface area contributed by atoms with Gasteiger partial charge in [-0.3, -0.25) is 9.10 Å². The molecule has 0 heterocycles. The van der Waals surface area contributed by atoms with Crippen LogP contribution in [-0.4, -0.2) is 28.0 Å². The van der Waals surface area contributed by atoms with Crippen molar-refractivity contribution in [2.24, 2.45) is 0 Å². The highest BCUT2D eigenvalue weighted by Gasteiger charge is 2.27. The number of methoxy groups -OCH3 is 1. The lowest BCUT2D eigenvalue weighted by atomic mass is 10.2. The number of hydrogen-bond donors (Lipinski definition) is 1. The van der Waals surface area contributed by atoms with Crippen molar-refractivity contribution in [2.75, 3.05) is 18.0 Å². The maximum absolute atomic E-state index is 13.3. The number of carbonyl (C=O) groups excluding carboxylic acids is 1. The first kappa shape index (κ1) is 21.4. The Hall–Kier alpha value is -3.32. The molecular formula is C23H24N2O4S.